The van der Waals surface area contributed by atoms with Gasteiger partial charge in [0.15, 0.2) is 11.5 Å². The molecule has 5 rings (SSSR count). The van der Waals surface area contributed by atoms with Gasteiger partial charge in [0.05, 0.1) is 17.2 Å². The lowest BCUT2D eigenvalue weighted by Gasteiger charge is -2.29. The predicted molar refractivity (Wildman–Crippen MR) is 167 cm³/mol. The van der Waals surface area contributed by atoms with Gasteiger partial charge in [0.1, 0.15) is 12.6 Å². The lowest BCUT2D eigenvalue weighted by Crippen LogP contribution is -2.31. The molecule has 212 valence electrons. The van der Waals surface area contributed by atoms with Gasteiger partial charge in [-0.1, -0.05) is 60.6 Å². The molecule has 0 saturated heterocycles. The highest BCUT2D eigenvalue weighted by Crippen LogP contribution is 2.43. The number of hydrogen-bond acceptors (Lipinski definition) is 7. The van der Waals surface area contributed by atoms with Crippen LogP contribution in [0.1, 0.15) is 42.1 Å². The molecule has 0 radical (unpaired) electrons. The Morgan fingerprint density at radius 1 is 1.10 bits per heavy atom. The summed E-state index contributed by atoms with van der Waals surface area (Å²) in [6.45, 7) is 8.37. The second-order valence-electron chi connectivity index (χ2n) is 9.80. The molecule has 1 unspecified atom stereocenters. The van der Waals surface area contributed by atoms with Gasteiger partial charge in [0.2, 0.25) is 11.1 Å². The second kappa shape index (κ2) is 12.4. The second-order valence-corrected chi connectivity index (χ2v) is 11.9. The van der Waals surface area contributed by atoms with Crippen LogP contribution in [0.25, 0.3) is 0 Å². The Labute approximate surface area is 252 Å². The molecule has 1 aliphatic heterocycles. The first-order chi connectivity index (χ1) is 19.8. The van der Waals surface area contributed by atoms with E-state index in [0.717, 1.165) is 28.1 Å². The molecule has 0 bridgehead atoms. The van der Waals surface area contributed by atoms with Gasteiger partial charge in [0, 0.05) is 11.4 Å². The molecule has 1 aromatic heterocycles. The van der Waals surface area contributed by atoms with E-state index in [0.29, 0.717) is 45.0 Å². The molecule has 4 aromatic rings. The molecule has 2 heterocycles. The van der Waals surface area contributed by atoms with E-state index in [1.54, 1.807) is 23.6 Å². The van der Waals surface area contributed by atoms with Crippen LogP contribution in [0, 0.1) is 13.8 Å². The fourth-order valence-electron chi connectivity index (χ4n) is 4.84. The third-order valence-electron chi connectivity index (χ3n) is 6.66. The van der Waals surface area contributed by atoms with Crippen LogP contribution in [0.2, 0.25) is 0 Å². The highest BCUT2D eigenvalue weighted by atomic mass is 79.9. The summed E-state index contributed by atoms with van der Waals surface area (Å²) in [5.41, 5.74) is 6.03. The number of aryl methyl sites for hydroxylation is 2. The number of anilines is 2. The number of thioether (sulfide) groups is 1. The topological polar surface area (TPSA) is 90.3 Å². The first-order valence-corrected chi connectivity index (χ1v) is 15.1. The van der Waals surface area contributed by atoms with Gasteiger partial charge in [-0.3, -0.25) is 4.79 Å². The summed E-state index contributed by atoms with van der Waals surface area (Å²) in [5, 5.41) is 11.8. The number of benzene rings is 3. The summed E-state index contributed by atoms with van der Waals surface area (Å²) in [5.74, 6) is 2.30. The van der Waals surface area contributed by atoms with E-state index in [-0.39, 0.29) is 5.91 Å². The molecule has 1 atom stereocenters. The van der Waals surface area contributed by atoms with Crippen molar-refractivity contribution in [3.05, 3.63) is 98.7 Å². The fourth-order valence-corrected chi connectivity index (χ4v) is 5.97. The summed E-state index contributed by atoms with van der Waals surface area (Å²) in [4.78, 5) is 18.5. The number of hydrogen-bond donors (Lipinski definition) is 2. The zero-order valence-electron chi connectivity index (χ0n) is 23.6. The molecular weight excluding hydrogens is 602 g/mol. The average Bonchev–Trinajstić information content (AvgIpc) is 3.33. The minimum Gasteiger partial charge on any atom is -0.493 e. The maximum absolute atomic E-state index is 13.9. The number of ether oxygens (including phenoxy) is 2. The monoisotopic (exact) mass is 633 g/mol. The Hall–Kier alpha value is -3.76. The molecule has 1 amide bonds. The molecule has 0 aliphatic carbocycles. The largest absolute Gasteiger partial charge is 0.493 e. The number of carbonyl (C=O) groups is 1. The summed E-state index contributed by atoms with van der Waals surface area (Å²) < 4.78 is 14.5. The molecule has 10 heteroatoms. The quantitative estimate of drug-likeness (QED) is 0.187. The molecular formula is C31H32BrN5O3S. The third kappa shape index (κ3) is 6.28. The minimum atomic E-state index is -0.564. The highest BCUT2D eigenvalue weighted by Gasteiger charge is 2.35. The number of fused-ring (bicyclic) bond motifs is 1. The van der Waals surface area contributed by atoms with Gasteiger partial charge in [-0.25, -0.2) is 4.68 Å². The number of nitrogens with zero attached hydrogens (tertiary/aromatic N) is 3. The van der Waals surface area contributed by atoms with Crippen LogP contribution in [0.3, 0.4) is 0 Å². The van der Waals surface area contributed by atoms with Crippen molar-refractivity contribution in [3.63, 3.8) is 0 Å². The van der Waals surface area contributed by atoms with Gasteiger partial charge in [-0.05, 0) is 83.4 Å². The predicted octanol–water partition coefficient (Wildman–Crippen LogP) is 7.28. The first kappa shape index (κ1) is 28.8. The third-order valence-corrected chi connectivity index (χ3v) is 7.97. The normalized spacial score (nSPS) is 14.3. The molecule has 0 saturated carbocycles. The number of nitrogens with one attached hydrogen (secondary N) is 2. The van der Waals surface area contributed by atoms with Crippen LogP contribution < -0.4 is 20.1 Å². The molecule has 1 aliphatic rings. The zero-order valence-corrected chi connectivity index (χ0v) is 26.0. The van der Waals surface area contributed by atoms with E-state index >= 15 is 0 Å². The summed E-state index contributed by atoms with van der Waals surface area (Å²) in [6, 6.07) is 19.2. The Morgan fingerprint density at radius 2 is 1.85 bits per heavy atom. The number of allylic oxidation sites excluding steroid dienone is 1. The molecule has 41 heavy (non-hydrogen) atoms. The Bertz CT molecular complexity index is 1630. The molecule has 8 nitrogen and oxygen atoms in total. The van der Waals surface area contributed by atoms with Gasteiger partial charge < -0.3 is 20.1 Å². The van der Waals surface area contributed by atoms with Crippen LogP contribution >= 0.6 is 27.7 Å². The van der Waals surface area contributed by atoms with Crippen molar-refractivity contribution in [3.8, 4) is 11.5 Å². The Balaban J connectivity index is 1.55. The van der Waals surface area contributed by atoms with Crippen molar-refractivity contribution in [2.45, 2.75) is 45.5 Å². The first-order valence-electron chi connectivity index (χ1n) is 13.3. The molecule has 0 spiro atoms. The summed E-state index contributed by atoms with van der Waals surface area (Å²) in [7, 11) is 1.61. The summed E-state index contributed by atoms with van der Waals surface area (Å²) in [6.07, 6.45) is 0. The Kier molecular flexibility index (Phi) is 8.70. The van der Waals surface area contributed by atoms with E-state index < -0.39 is 6.04 Å². The number of halogens is 1. The van der Waals surface area contributed by atoms with Crippen LogP contribution in [0.4, 0.5) is 11.6 Å². The van der Waals surface area contributed by atoms with E-state index in [1.807, 2.05) is 62.4 Å². The average molecular weight is 635 g/mol. The lowest BCUT2D eigenvalue weighted by molar-refractivity contribution is -0.113. The van der Waals surface area contributed by atoms with Crippen molar-refractivity contribution in [1.82, 2.24) is 14.8 Å². The van der Waals surface area contributed by atoms with Crippen molar-refractivity contribution in [1.29, 1.82) is 0 Å². The van der Waals surface area contributed by atoms with Crippen LogP contribution in [0.15, 0.2) is 81.6 Å². The smallest absolute Gasteiger partial charge is 0.255 e. The van der Waals surface area contributed by atoms with E-state index in [2.05, 4.69) is 57.5 Å². The minimum absolute atomic E-state index is 0.230. The Morgan fingerprint density at radius 3 is 2.56 bits per heavy atom. The molecule has 3 aromatic carbocycles. The summed E-state index contributed by atoms with van der Waals surface area (Å²) >= 11 is 5.25. The van der Waals surface area contributed by atoms with Crippen molar-refractivity contribution >= 4 is 45.2 Å². The fraction of sp³-hybridized carbons (Fsp3) is 0.258. The number of aromatic nitrogens is 3. The van der Waals surface area contributed by atoms with Crippen LogP contribution in [-0.2, 0) is 11.4 Å². The maximum Gasteiger partial charge on any atom is 0.255 e. The van der Waals surface area contributed by atoms with E-state index in [4.69, 9.17) is 14.6 Å². The van der Waals surface area contributed by atoms with Crippen molar-refractivity contribution in [2.24, 2.45) is 0 Å². The van der Waals surface area contributed by atoms with Gasteiger partial charge in [-0.15, -0.1) is 5.10 Å². The van der Waals surface area contributed by atoms with Gasteiger partial charge >= 0.3 is 0 Å². The van der Waals surface area contributed by atoms with E-state index in [1.165, 1.54) is 5.56 Å². The number of methoxy groups -OCH3 is 1. The van der Waals surface area contributed by atoms with Crippen LogP contribution in [-0.4, -0.2) is 33.5 Å². The highest BCUT2D eigenvalue weighted by molar-refractivity contribution is 9.10. The van der Waals surface area contributed by atoms with Crippen molar-refractivity contribution in [2.75, 3.05) is 23.5 Å². The zero-order chi connectivity index (χ0) is 29.1. The van der Waals surface area contributed by atoms with E-state index in [9.17, 15) is 4.79 Å². The number of rotatable bonds is 9. The molecule has 2 N–H and O–H groups in total. The van der Waals surface area contributed by atoms with Crippen LogP contribution in [0.5, 0.6) is 11.5 Å². The van der Waals surface area contributed by atoms with Gasteiger partial charge in [-0.2, -0.15) is 4.98 Å². The number of amides is 1. The van der Waals surface area contributed by atoms with Gasteiger partial charge in [0.25, 0.3) is 5.91 Å². The SMILES string of the molecule is CCSc1nc2n(n1)C(c1cc(Br)c(OCc3cccc(C)c3)c(OC)c1)C(C(=O)Nc1cccc(C)c1)=C(C)N2. The molecule has 0 fully saturated rings. The standard InChI is InChI=1S/C31H32BrN5O3S/c1-6-41-31-35-30-33-20(4)26(29(38)34-23-12-8-10-19(3)14-23)27(37(30)36-31)22-15-24(32)28(25(16-22)39-5)40-17-21-11-7-9-18(2)13-21/h7-16,27H,6,17H2,1-5H3,(H,34,38)(H,33,35,36). The van der Waals surface area contributed by atoms with Crippen molar-refractivity contribution < 1.29 is 14.3 Å². The number of carbonyl (C=O) groups excluding carboxylic acids is 1. The lowest BCUT2D eigenvalue weighted by atomic mass is 9.94. The maximum atomic E-state index is 13.9.